The largest absolute Gasteiger partial charge is 0.383 e. The molecule has 0 atom stereocenters. The van der Waals surface area contributed by atoms with Crippen LogP contribution in [-0.2, 0) is 6.54 Å². The zero-order valence-electron chi connectivity index (χ0n) is 21.6. The van der Waals surface area contributed by atoms with Gasteiger partial charge < -0.3 is 11.1 Å². The Morgan fingerprint density at radius 3 is 2.58 bits per heavy atom. The van der Waals surface area contributed by atoms with Gasteiger partial charge in [-0.1, -0.05) is 12.1 Å². The standard InChI is InChI=1S/C29H26N10O/c30-16-21-15-25(35-18-34-21)29(40)36-20-9-13-38(14-10-20)17-19-5-7-22(8-6-19)39-27(23-3-1-11-32-26(23)31)37-24-4-2-12-33-28(24)39/h1-8,11-12,15,18,20H,9-10,13-14,17H2,(H2,31,32)(H,36,40). The average Bonchev–Trinajstić information content (AvgIpc) is 3.38. The first-order valence-corrected chi connectivity index (χ1v) is 13.0. The van der Waals surface area contributed by atoms with Crippen molar-refractivity contribution in [3.8, 4) is 23.1 Å². The van der Waals surface area contributed by atoms with E-state index < -0.39 is 0 Å². The van der Waals surface area contributed by atoms with Crippen LogP contribution in [0.1, 0.15) is 34.6 Å². The number of fused-ring (bicyclic) bond motifs is 1. The molecule has 1 saturated heterocycles. The Morgan fingerprint density at radius 1 is 1.02 bits per heavy atom. The summed E-state index contributed by atoms with van der Waals surface area (Å²) in [6.45, 7) is 2.53. The molecule has 1 aliphatic rings. The quantitative estimate of drug-likeness (QED) is 0.337. The Labute approximate surface area is 230 Å². The molecule has 0 unspecified atom stereocenters. The highest BCUT2D eigenvalue weighted by Gasteiger charge is 2.22. The van der Waals surface area contributed by atoms with E-state index in [1.807, 2.05) is 34.9 Å². The minimum Gasteiger partial charge on any atom is -0.383 e. The fourth-order valence-corrected chi connectivity index (χ4v) is 4.99. The number of anilines is 1. The Bertz CT molecular complexity index is 1720. The number of carbonyl (C=O) groups is 1. The maximum absolute atomic E-state index is 12.6. The zero-order chi connectivity index (χ0) is 27.5. The number of pyridine rings is 2. The van der Waals surface area contributed by atoms with Gasteiger partial charge in [-0.3, -0.25) is 14.3 Å². The van der Waals surface area contributed by atoms with Crippen LogP contribution in [0.2, 0.25) is 0 Å². The van der Waals surface area contributed by atoms with Gasteiger partial charge in [0.05, 0.1) is 5.56 Å². The summed E-state index contributed by atoms with van der Waals surface area (Å²) in [7, 11) is 0. The smallest absolute Gasteiger partial charge is 0.270 e. The van der Waals surface area contributed by atoms with Crippen molar-refractivity contribution in [2.45, 2.75) is 25.4 Å². The van der Waals surface area contributed by atoms with Crippen LogP contribution >= 0.6 is 0 Å². The molecular weight excluding hydrogens is 504 g/mol. The second-order valence-corrected chi connectivity index (χ2v) is 9.64. The minimum absolute atomic E-state index is 0.0620. The molecule has 5 heterocycles. The molecule has 3 N–H and O–H groups in total. The lowest BCUT2D eigenvalue weighted by molar-refractivity contribution is 0.0903. The lowest BCUT2D eigenvalue weighted by Crippen LogP contribution is -2.44. The number of nitrogens with two attached hydrogens (primary N) is 1. The number of rotatable bonds is 6. The van der Waals surface area contributed by atoms with Crippen molar-refractivity contribution in [3.63, 3.8) is 0 Å². The number of benzene rings is 1. The molecule has 5 aromatic rings. The predicted molar refractivity (Wildman–Crippen MR) is 149 cm³/mol. The first kappa shape index (κ1) is 25.1. The summed E-state index contributed by atoms with van der Waals surface area (Å²) in [5.74, 6) is 0.836. The number of piperidine rings is 1. The number of nitriles is 1. The van der Waals surface area contributed by atoms with E-state index in [-0.39, 0.29) is 23.3 Å². The highest BCUT2D eigenvalue weighted by Crippen LogP contribution is 2.30. The van der Waals surface area contributed by atoms with Crippen molar-refractivity contribution in [2.75, 3.05) is 18.8 Å². The average molecular weight is 531 g/mol. The van der Waals surface area contributed by atoms with Crippen LogP contribution in [0.4, 0.5) is 5.82 Å². The number of imidazole rings is 1. The summed E-state index contributed by atoms with van der Waals surface area (Å²) in [4.78, 5) is 36.4. The summed E-state index contributed by atoms with van der Waals surface area (Å²) in [5, 5.41) is 12.0. The summed E-state index contributed by atoms with van der Waals surface area (Å²) in [5.41, 5.74) is 11.0. The highest BCUT2D eigenvalue weighted by atomic mass is 16.1. The lowest BCUT2D eigenvalue weighted by Gasteiger charge is -2.32. The number of hydrogen-bond donors (Lipinski definition) is 2. The third-order valence-electron chi connectivity index (χ3n) is 7.03. The third-order valence-corrected chi connectivity index (χ3v) is 7.03. The molecule has 1 aliphatic heterocycles. The summed E-state index contributed by atoms with van der Waals surface area (Å²) >= 11 is 0. The van der Waals surface area contributed by atoms with Crippen LogP contribution in [-0.4, -0.2) is 59.4 Å². The Hall–Kier alpha value is -5.21. The van der Waals surface area contributed by atoms with Crippen LogP contribution < -0.4 is 11.1 Å². The molecule has 0 bridgehead atoms. The third kappa shape index (κ3) is 5.08. The molecule has 198 valence electrons. The summed E-state index contributed by atoms with van der Waals surface area (Å²) in [6.07, 6.45) is 6.33. The van der Waals surface area contributed by atoms with Gasteiger partial charge in [0.15, 0.2) is 11.5 Å². The van der Waals surface area contributed by atoms with E-state index in [0.717, 1.165) is 54.9 Å². The zero-order valence-corrected chi connectivity index (χ0v) is 21.6. The van der Waals surface area contributed by atoms with Crippen molar-refractivity contribution >= 4 is 22.9 Å². The lowest BCUT2D eigenvalue weighted by atomic mass is 10.0. The minimum atomic E-state index is -0.276. The van der Waals surface area contributed by atoms with Crippen LogP contribution in [0.25, 0.3) is 28.2 Å². The molecular formula is C29H26N10O. The monoisotopic (exact) mass is 530 g/mol. The number of nitrogens with zero attached hydrogens (tertiary/aromatic N) is 8. The van der Waals surface area contributed by atoms with Gasteiger partial charge in [0.1, 0.15) is 35.1 Å². The molecule has 1 aromatic carbocycles. The molecule has 1 fully saturated rings. The van der Waals surface area contributed by atoms with Crippen LogP contribution in [0.5, 0.6) is 0 Å². The van der Waals surface area contributed by atoms with Crippen molar-refractivity contribution in [1.29, 1.82) is 5.26 Å². The molecule has 11 nitrogen and oxygen atoms in total. The fourth-order valence-electron chi connectivity index (χ4n) is 4.99. The van der Waals surface area contributed by atoms with Gasteiger partial charge in [0.2, 0.25) is 0 Å². The number of nitrogens with one attached hydrogen (secondary N) is 1. The van der Waals surface area contributed by atoms with Crippen LogP contribution in [0.15, 0.2) is 73.3 Å². The number of likely N-dealkylation sites (tertiary alicyclic amines) is 1. The Kier molecular flexibility index (Phi) is 6.82. The molecule has 11 heteroatoms. The maximum atomic E-state index is 12.6. The van der Waals surface area contributed by atoms with E-state index in [9.17, 15) is 4.79 Å². The summed E-state index contributed by atoms with van der Waals surface area (Å²) in [6, 6.07) is 19.4. The first-order valence-electron chi connectivity index (χ1n) is 13.0. The van der Waals surface area contributed by atoms with Crippen LogP contribution in [0, 0.1) is 11.3 Å². The van der Waals surface area contributed by atoms with E-state index in [1.165, 1.54) is 18.0 Å². The number of nitrogen functional groups attached to an aromatic ring is 1. The number of carbonyl (C=O) groups excluding carboxylic acids is 1. The molecule has 4 aromatic heterocycles. The van der Waals surface area contributed by atoms with E-state index in [2.05, 4.69) is 54.4 Å². The van der Waals surface area contributed by atoms with Gasteiger partial charge in [0, 0.05) is 49.8 Å². The molecule has 0 aliphatic carbocycles. The molecule has 0 saturated carbocycles. The molecule has 0 spiro atoms. The summed E-state index contributed by atoms with van der Waals surface area (Å²) < 4.78 is 2.01. The van der Waals surface area contributed by atoms with Gasteiger partial charge in [-0.15, -0.1) is 0 Å². The number of amides is 1. The van der Waals surface area contributed by atoms with Crippen molar-refractivity contribution < 1.29 is 4.79 Å². The maximum Gasteiger partial charge on any atom is 0.270 e. The number of aromatic nitrogens is 6. The van der Waals surface area contributed by atoms with E-state index >= 15 is 0 Å². The normalized spacial score (nSPS) is 14.2. The first-order chi connectivity index (χ1) is 19.6. The predicted octanol–water partition coefficient (Wildman–Crippen LogP) is 3.12. The van der Waals surface area contributed by atoms with E-state index in [4.69, 9.17) is 16.0 Å². The van der Waals surface area contributed by atoms with Gasteiger partial charge >= 0.3 is 0 Å². The Morgan fingerprint density at radius 2 is 1.80 bits per heavy atom. The van der Waals surface area contributed by atoms with Gasteiger partial charge in [-0.05, 0) is 54.8 Å². The van der Waals surface area contributed by atoms with Crippen molar-refractivity contribution in [3.05, 3.63) is 90.3 Å². The van der Waals surface area contributed by atoms with Gasteiger partial charge in [-0.25, -0.2) is 24.9 Å². The highest BCUT2D eigenvalue weighted by molar-refractivity contribution is 5.92. The van der Waals surface area contributed by atoms with E-state index in [1.54, 1.807) is 12.4 Å². The second-order valence-electron chi connectivity index (χ2n) is 9.64. The number of hydrogen-bond acceptors (Lipinski definition) is 9. The van der Waals surface area contributed by atoms with Gasteiger partial charge in [-0.2, -0.15) is 5.26 Å². The van der Waals surface area contributed by atoms with Crippen LogP contribution in [0.3, 0.4) is 0 Å². The SMILES string of the molecule is N#Cc1cc(C(=O)NC2CCN(Cc3ccc(-n4c(-c5cccnc5N)nc5cccnc54)cc3)CC2)ncn1. The molecule has 0 radical (unpaired) electrons. The van der Waals surface area contributed by atoms with Gasteiger partial charge in [0.25, 0.3) is 5.91 Å². The topological polar surface area (TPSA) is 152 Å². The second kappa shape index (κ2) is 10.9. The van der Waals surface area contributed by atoms with E-state index in [0.29, 0.717) is 11.6 Å². The molecule has 1 amide bonds. The van der Waals surface area contributed by atoms with Crippen molar-refractivity contribution in [2.24, 2.45) is 0 Å². The molecule has 6 rings (SSSR count). The fraction of sp³-hybridized carbons (Fsp3) is 0.207. The molecule has 40 heavy (non-hydrogen) atoms. The van der Waals surface area contributed by atoms with Crippen molar-refractivity contribution in [1.82, 2.24) is 39.7 Å². The Balaban J connectivity index is 1.13.